The van der Waals surface area contributed by atoms with Gasteiger partial charge in [-0.05, 0) is 63.1 Å². The van der Waals surface area contributed by atoms with Crippen molar-refractivity contribution in [3.8, 4) is 5.75 Å². The van der Waals surface area contributed by atoms with Gasteiger partial charge < -0.3 is 4.74 Å². The Bertz CT molecular complexity index is 367. The SMILES string of the molecule is CCOc1ccc(CN2CCCC2)cc1Cl.CSC. The summed E-state index contributed by atoms with van der Waals surface area (Å²) in [5, 5.41) is 0.721. The molecule has 1 fully saturated rings. The van der Waals surface area contributed by atoms with Crippen LogP contribution in [0.15, 0.2) is 18.2 Å². The molecule has 1 aromatic rings. The lowest BCUT2D eigenvalue weighted by Crippen LogP contribution is -2.18. The second-order valence-electron chi connectivity index (χ2n) is 4.59. The average molecular weight is 302 g/mol. The number of benzene rings is 1. The van der Waals surface area contributed by atoms with Crippen LogP contribution in [0.1, 0.15) is 25.3 Å². The number of likely N-dealkylation sites (tertiary alicyclic amines) is 1. The highest BCUT2D eigenvalue weighted by Gasteiger charge is 2.12. The Balaban J connectivity index is 0.000000550. The first-order chi connectivity index (χ1) is 9.21. The summed E-state index contributed by atoms with van der Waals surface area (Å²) < 4.78 is 5.42. The number of hydrogen-bond donors (Lipinski definition) is 0. The van der Waals surface area contributed by atoms with Crippen LogP contribution in [0, 0.1) is 0 Å². The van der Waals surface area contributed by atoms with E-state index < -0.39 is 0 Å². The largest absolute Gasteiger partial charge is 0.492 e. The Morgan fingerprint density at radius 2 is 1.89 bits per heavy atom. The first-order valence-corrected chi connectivity index (χ1v) is 8.76. The second-order valence-corrected chi connectivity index (χ2v) is 5.81. The van der Waals surface area contributed by atoms with Gasteiger partial charge in [0.1, 0.15) is 5.75 Å². The van der Waals surface area contributed by atoms with Crippen molar-refractivity contribution in [1.29, 1.82) is 0 Å². The van der Waals surface area contributed by atoms with Gasteiger partial charge in [0.15, 0.2) is 0 Å². The molecule has 2 rings (SSSR count). The van der Waals surface area contributed by atoms with Crippen molar-refractivity contribution >= 4 is 23.4 Å². The van der Waals surface area contributed by atoms with Gasteiger partial charge >= 0.3 is 0 Å². The Morgan fingerprint density at radius 1 is 1.26 bits per heavy atom. The van der Waals surface area contributed by atoms with E-state index in [1.54, 1.807) is 11.8 Å². The molecule has 108 valence electrons. The minimum atomic E-state index is 0.658. The van der Waals surface area contributed by atoms with Crippen molar-refractivity contribution in [2.24, 2.45) is 0 Å². The maximum atomic E-state index is 6.15. The summed E-state index contributed by atoms with van der Waals surface area (Å²) in [6, 6.07) is 6.09. The van der Waals surface area contributed by atoms with Crippen LogP contribution < -0.4 is 4.74 Å². The monoisotopic (exact) mass is 301 g/mol. The highest BCUT2D eigenvalue weighted by atomic mass is 35.5. The zero-order valence-corrected chi connectivity index (χ0v) is 13.7. The third-order valence-corrected chi connectivity index (χ3v) is 3.20. The van der Waals surface area contributed by atoms with Gasteiger partial charge in [0, 0.05) is 6.54 Å². The Labute approximate surface area is 126 Å². The summed E-state index contributed by atoms with van der Waals surface area (Å²) in [6.45, 7) is 6.06. The van der Waals surface area contributed by atoms with Gasteiger partial charge in [0.05, 0.1) is 11.6 Å². The lowest BCUT2D eigenvalue weighted by molar-refractivity contribution is 0.329. The quantitative estimate of drug-likeness (QED) is 0.822. The molecule has 1 saturated heterocycles. The van der Waals surface area contributed by atoms with E-state index in [0.717, 1.165) is 17.3 Å². The number of ether oxygens (including phenoxy) is 1. The maximum absolute atomic E-state index is 6.15. The predicted molar refractivity (Wildman–Crippen MR) is 86.6 cm³/mol. The van der Waals surface area contributed by atoms with E-state index in [2.05, 4.69) is 11.0 Å². The van der Waals surface area contributed by atoms with Crippen LogP contribution in [0.4, 0.5) is 0 Å². The zero-order valence-electron chi connectivity index (χ0n) is 12.1. The number of thioether (sulfide) groups is 1. The van der Waals surface area contributed by atoms with Crippen LogP contribution >= 0.6 is 23.4 Å². The van der Waals surface area contributed by atoms with Crippen LogP contribution in [0.2, 0.25) is 5.02 Å². The van der Waals surface area contributed by atoms with Gasteiger partial charge in [0.25, 0.3) is 0 Å². The summed E-state index contributed by atoms with van der Waals surface area (Å²) in [4.78, 5) is 2.46. The Kier molecular flexibility index (Phi) is 8.35. The van der Waals surface area contributed by atoms with E-state index in [1.807, 2.05) is 31.6 Å². The van der Waals surface area contributed by atoms with Crippen LogP contribution in [0.3, 0.4) is 0 Å². The van der Waals surface area contributed by atoms with E-state index in [-0.39, 0.29) is 0 Å². The summed E-state index contributed by atoms with van der Waals surface area (Å²) in [7, 11) is 0. The molecule has 0 spiro atoms. The molecule has 1 aliphatic rings. The van der Waals surface area contributed by atoms with Crippen LogP contribution in [0.5, 0.6) is 5.75 Å². The fraction of sp³-hybridized carbons (Fsp3) is 0.600. The Morgan fingerprint density at radius 3 is 2.42 bits per heavy atom. The molecule has 1 heterocycles. The highest BCUT2D eigenvalue weighted by molar-refractivity contribution is 7.97. The standard InChI is InChI=1S/C13H18ClNO.C2H6S/c1-2-16-13-6-5-11(9-12(13)14)10-15-7-3-4-8-15;1-3-2/h5-6,9H,2-4,7-8,10H2,1H3;1-2H3. The highest BCUT2D eigenvalue weighted by Crippen LogP contribution is 2.26. The third kappa shape index (κ3) is 6.07. The molecular weight excluding hydrogens is 278 g/mol. The molecule has 0 unspecified atom stereocenters. The minimum absolute atomic E-state index is 0.658. The number of hydrogen-bond acceptors (Lipinski definition) is 3. The zero-order chi connectivity index (χ0) is 14.1. The van der Waals surface area contributed by atoms with Crippen LogP contribution in [-0.4, -0.2) is 37.1 Å². The van der Waals surface area contributed by atoms with Gasteiger partial charge in [0.2, 0.25) is 0 Å². The van der Waals surface area contributed by atoms with Crippen LogP contribution in [0.25, 0.3) is 0 Å². The summed E-state index contributed by atoms with van der Waals surface area (Å²) in [6.07, 6.45) is 6.73. The van der Waals surface area contributed by atoms with Crippen molar-refractivity contribution in [3.63, 3.8) is 0 Å². The second kappa shape index (κ2) is 9.51. The van der Waals surface area contributed by atoms with E-state index in [9.17, 15) is 0 Å². The summed E-state index contributed by atoms with van der Waals surface area (Å²) in [5.41, 5.74) is 1.27. The van der Waals surface area contributed by atoms with Gasteiger partial charge in [-0.3, -0.25) is 4.90 Å². The molecule has 0 N–H and O–H groups in total. The van der Waals surface area contributed by atoms with Gasteiger partial charge in [-0.15, -0.1) is 0 Å². The topological polar surface area (TPSA) is 12.5 Å². The smallest absolute Gasteiger partial charge is 0.137 e. The molecular formula is C15H24ClNOS. The van der Waals surface area contributed by atoms with E-state index in [1.165, 1.54) is 31.5 Å². The van der Waals surface area contributed by atoms with E-state index in [0.29, 0.717) is 6.61 Å². The van der Waals surface area contributed by atoms with Gasteiger partial charge in [-0.2, -0.15) is 11.8 Å². The number of rotatable bonds is 4. The summed E-state index contributed by atoms with van der Waals surface area (Å²) >= 11 is 7.90. The molecule has 19 heavy (non-hydrogen) atoms. The van der Waals surface area contributed by atoms with E-state index in [4.69, 9.17) is 16.3 Å². The lowest BCUT2D eigenvalue weighted by atomic mass is 10.2. The van der Waals surface area contributed by atoms with Crippen molar-refractivity contribution < 1.29 is 4.74 Å². The Hall–Kier alpha value is -0.380. The first-order valence-electron chi connectivity index (χ1n) is 6.75. The fourth-order valence-electron chi connectivity index (χ4n) is 2.11. The molecule has 4 heteroatoms. The lowest BCUT2D eigenvalue weighted by Gasteiger charge is -2.15. The van der Waals surface area contributed by atoms with Gasteiger partial charge in [-0.1, -0.05) is 17.7 Å². The average Bonchev–Trinajstić information content (AvgIpc) is 2.87. The number of halogens is 1. The van der Waals surface area contributed by atoms with Crippen LogP contribution in [-0.2, 0) is 6.54 Å². The van der Waals surface area contributed by atoms with E-state index >= 15 is 0 Å². The molecule has 2 nitrogen and oxygen atoms in total. The summed E-state index contributed by atoms with van der Waals surface area (Å²) in [5.74, 6) is 0.786. The number of nitrogens with zero attached hydrogens (tertiary/aromatic N) is 1. The maximum Gasteiger partial charge on any atom is 0.137 e. The molecule has 0 bridgehead atoms. The molecule has 0 aliphatic carbocycles. The molecule has 0 saturated carbocycles. The normalized spacial score (nSPS) is 14.9. The molecule has 1 aromatic carbocycles. The molecule has 0 aromatic heterocycles. The molecule has 0 atom stereocenters. The first kappa shape index (κ1) is 16.7. The minimum Gasteiger partial charge on any atom is -0.492 e. The van der Waals surface area contributed by atoms with Crippen molar-refractivity contribution in [2.75, 3.05) is 32.2 Å². The van der Waals surface area contributed by atoms with Crippen molar-refractivity contribution in [1.82, 2.24) is 4.90 Å². The van der Waals surface area contributed by atoms with Crippen molar-refractivity contribution in [3.05, 3.63) is 28.8 Å². The van der Waals surface area contributed by atoms with Gasteiger partial charge in [-0.25, -0.2) is 0 Å². The molecule has 0 amide bonds. The molecule has 0 radical (unpaired) electrons. The molecule has 1 aliphatic heterocycles. The van der Waals surface area contributed by atoms with Crippen molar-refractivity contribution in [2.45, 2.75) is 26.3 Å². The predicted octanol–water partition coefficient (Wildman–Crippen LogP) is 4.31. The third-order valence-electron chi connectivity index (χ3n) is 2.90. The fourth-order valence-corrected chi connectivity index (χ4v) is 2.37.